The Hall–Kier alpha value is -1.95. The van der Waals surface area contributed by atoms with Crippen molar-refractivity contribution in [3.8, 4) is 0 Å². The maximum atomic E-state index is 12.0. The van der Waals surface area contributed by atoms with Crippen LogP contribution in [0.25, 0.3) is 0 Å². The molecule has 2 aromatic rings. The van der Waals surface area contributed by atoms with Gasteiger partial charge in [-0.3, -0.25) is 9.79 Å². The van der Waals surface area contributed by atoms with E-state index in [4.69, 9.17) is 4.42 Å². The standard InChI is InChI=1S/C13H10BrN3O2/c1-8-3-2-6-15-12(8)17-11(18)7-16-13(17)9-4-5-10(14)19-9/h2-6H,7H2,1H3. The van der Waals surface area contributed by atoms with Gasteiger partial charge in [-0.05, 0) is 46.6 Å². The number of aliphatic imine (C=N–C) groups is 1. The molecule has 6 heteroatoms. The van der Waals surface area contributed by atoms with Crippen LogP contribution in [0.1, 0.15) is 11.3 Å². The van der Waals surface area contributed by atoms with Crippen LogP contribution in [0.2, 0.25) is 0 Å². The normalized spacial score (nSPS) is 14.9. The summed E-state index contributed by atoms with van der Waals surface area (Å²) in [5.74, 6) is 1.53. The Balaban J connectivity index is 2.06. The van der Waals surface area contributed by atoms with Crippen molar-refractivity contribution in [2.75, 3.05) is 11.4 Å². The zero-order valence-corrected chi connectivity index (χ0v) is 11.7. The van der Waals surface area contributed by atoms with Gasteiger partial charge in [0.15, 0.2) is 16.3 Å². The molecule has 0 saturated carbocycles. The summed E-state index contributed by atoms with van der Waals surface area (Å²) in [6.07, 6.45) is 1.66. The quantitative estimate of drug-likeness (QED) is 0.854. The Kier molecular flexibility index (Phi) is 2.94. The number of aromatic nitrogens is 1. The molecule has 0 saturated heterocycles. The molecule has 1 aliphatic rings. The molecule has 0 aromatic carbocycles. The van der Waals surface area contributed by atoms with E-state index in [9.17, 15) is 4.79 Å². The van der Waals surface area contributed by atoms with Crippen LogP contribution in [0.4, 0.5) is 5.82 Å². The second-order valence-electron chi connectivity index (χ2n) is 4.12. The summed E-state index contributed by atoms with van der Waals surface area (Å²) in [5, 5.41) is 0. The van der Waals surface area contributed by atoms with E-state index in [-0.39, 0.29) is 12.5 Å². The van der Waals surface area contributed by atoms with Gasteiger partial charge in [-0.1, -0.05) is 6.07 Å². The van der Waals surface area contributed by atoms with Gasteiger partial charge in [0.1, 0.15) is 12.4 Å². The van der Waals surface area contributed by atoms with E-state index < -0.39 is 0 Å². The van der Waals surface area contributed by atoms with Crippen molar-refractivity contribution < 1.29 is 9.21 Å². The van der Waals surface area contributed by atoms with Gasteiger partial charge in [0.25, 0.3) is 5.91 Å². The SMILES string of the molecule is Cc1cccnc1N1C(=O)CN=C1c1ccc(Br)o1. The van der Waals surface area contributed by atoms with Crippen LogP contribution in [0.15, 0.2) is 44.5 Å². The van der Waals surface area contributed by atoms with E-state index in [1.807, 2.05) is 19.1 Å². The van der Waals surface area contributed by atoms with Crippen molar-refractivity contribution in [2.24, 2.45) is 4.99 Å². The number of rotatable bonds is 2. The fourth-order valence-corrected chi connectivity index (χ4v) is 2.26. The molecule has 0 N–H and O–H groups in total. The fraction of sp³-hybridized carbons (Fsp3) is 0.154. The van der Waals surface area contributed by atoms with Crippen molar-refractivity contribution in [1.82, 2.24) is 4.98 Å². The molecule has 3 rings (SSSR count). The molecule has 1 aliphatic heterocycles. The van der Waals surface area contributed by atoms with Crippen LogP contribution in [-0.4, -0.2) is 23.3 Å². The van der Waals surface area contributed by atoms with Gasteiger partial charge >= 0.3 is 0 Å². The van der Waals surface area contributed by atoms with Crippen LogP contribution >= 0.6 is 15.9 Å². The number of amides is 1. The van der Waals surface area contributed by atoms with Crippen LogP contribution in [0.5, 0.6) is 0 Å². The maximum absolute atomic E-state index is 12.0. The van der Waals surface area contributed by atoms with Crippen LogP contribution < -0.4 is 4.90 Å². The van der Waals surface area contributed by atoms with Gasteiger partial charge in [-0.15, -0.1) is 0 Å². The Morgan fingerprint density at radius 1 is 1.37 bits per heavy atom. The number of halogens is 1. The largest absolute Gasteiger partial charge is 0.446 e. The number of furan rings is 1. The molecule has 19 heavy (non-hydrogen) atoms. The molecule has 0 radical (unpaired) electrons. The third kappa shape index (κ3) is 2.08. The highest BCUT2D eigenvalue weighted by Gasteiger charge is 2.31. The average Bonchev–Trinajstić information content (AvgIpc) is 2.96. The van der Waals surface area contributed by atoms with Crippen molar-refractivity contribution in [1.29, 1.82) is 0 Å². The number of carbonyl (C=O) groups is 1. The Morgan fingerprint density at radius 2 is 2.21 bits per heavy atom. The third-order valence-electron chi connectivity index (χ3n) is 2.81. The molecular formula is C13H10BrN3O2. The first-order valence-corrected chi connectivity index (χ1v) is 6.51. The minimum atomic E-state index is -0.107. The molecule has 0 bridgehead atoms. The summed E-state index contributed by atoms with van der Waals surface area (Å²) < 4.78 is 6.07. The number of pyridine rings is 1. The number of amidine groups is 1. The summed E-state index contributed by atoms with van der Waals surface area (Å²) in [6, 6.07) is 7.28. The highest BCUT2D eigenvalue weighted by atomic mass is 79.9. The van der Waals surface area contributed by atoms with Crippen molar-refractivity contribution >= 4 is 33.5 Å². The predicted molar refractivity (Wildman–Crippen MR) is 74.3 cm³/mol. The van der Waals surface area contributed by atoms with E-state index in [1.54, 1.807) is 18.3 Å². The molecule has 3 heterocycles. The van der Waals surface area contributed by atoms with E-state index in [1.165, 1.54) is 4.90 Å². The highest BCUT2D eigenvalue weighted by molar-refractivity contribution is 9.10. The number of anilines is 1. The first kappa shape index (κ1) is 12.1. The molecule has 0 unspecified atom stereocenters. The number of nitrogens with zero attached hydrogens (tertiary/aromatic N) is 3. The minimum absolute atomic E-state index is 0.107. The zero-order chi connectivity index (χ0) is 13.4. The van der Waals surface area contributed by atoms with Crippen molar-refractivity contribution in [3.05, 3.63) is 46.5 Å². The third-order valence-corrected chi connectivity index (χ3v) is 3.24. The monoisotopic (exact) mass is 319 g/mol. The van der Waals surface area contributed by atoms with Crippen molar-refractivity contribution in [3.63, 3.8) is 0 Å². The minimum Gasteiger partial charge on any atom is -0.446 e. The first-order chi connectivity index (χ1) is 9.16. The Bertz CT molecular complexity index is 678. The molecule has 96 valence electrons. The van der Waals surface area contributed by atoms with Gasteiger partial charge in [0.05, 0.1) is 0 Å². The lowest BCUT2D eigenvalue weighted by molar-refractivity contribution is -0.115. The summed E-state index contributed by atoms with van der Waals surface area (Å²) in [5.41, 5.74) is 0.913. The highest BCUT2D eigenvalue weighted by Crippen LogP contribution is 2.25. The van der Waals surface area contributed by atoms with Crippen LogP contribution in [0, 0.1) is 6.92 Å². The van der Waals surface area contributed by atoms with Crippen LogP contribution in [0.3, 0.4) is 0 Å². The fourth-order valence-electron chi connectivity index (χ4n) is 1.95. The molecule has 5 nitrogen and oxygen atoms in total. The van der Waals surface area contributed by atoms with E-state index in [0.717, 1.165) is 5.56 Å². The lowest BCUT2D eigenvalue weighted by Crippen LogP contribution is -2.34. The van der Waals surface area contributed by atoms with Gasteiger partial charge in [0.2, 0.25) is 0 Å². The van der Waals surface area contributed by atoms with Crippen LogP contribution in [-0.2, 0) is 4.79 Å². The molecule has 1 amide bonds. The molecule has 2 aromatic heterocycles. The molecular weight excluding hydrogens is 310 g/mol. The van der Waals surface area contributed by atoms with E-state index >= 15 is 0 Å². The Labute approximate surface area is 118 Å². The lowest BCUT2D eigenvalue weighted by atomic mass is 10.2. The maximum Gasteiger partial charge on any atom is 0.255 e. The predicted octanol–water partition coefficient (Wildman–Crippen LogP) is 2.54. The summed E-state index contributed by atoms with van der Waals surface area (Å²) >= 11 is 3.24. The lowest BCUT2D eigenvalue weighted by Gasteiger charge is -2.17. The van der Waals surface area contributed by atoms with E-state index in [2.05, 4.69) is 25.9 Å². The average molecular weight is 320 g/mol. The van der Waals surface area contributed by atoms with Gasteiger partial charge < -0.3 is 4.42 Å². The summed E-state index contributed by atoms with van der Waals surface area (Å²) in [4.78, 5) is 22.0. The van der Waals surface area contributed by atoms with Gasteiger partial charge in [-0.2, -0.15) is 0 Å². The van der Waals surface area contributed by atoms with Gasteiger partial charge in [-0.25, -0.2) is 9.88 Å². The topological polar surface area (TPSA) is 58.7 Å². The number of hydrogen-bond donors (Lipinski definition) is 0. The molecule has 0 aliphatic carbocycles. The number of aryl methyl sites for hydroxylation is 1. The summed E-state index contributed by atoms with van der Waals surface area (Å²) in [7, 11) is 0. The van der Waals surface area contributed by atoms with E-state index in [0.29, 0.717) is 22.1 Å². The first-order valence-electron chi connectivity index (χ1n) is 5.71. The molecule has 0 fully saturated rings. The second-order valence-corrected chi connectivity index (χ2v) is 4.90. The van der Waals surface area contributed by atoms with Gasteiger partial charge in [0, 0.05) is 6.20 Å². The molecule has 0 atom stereocenters. The summed E-state index contributed by atoms with van der Waals surface area (Å²) in [6.45, 7) is 2.02. The molecule has 0 spiro atoms. The number of hydrogen-bond acceptors (Lipinski definition) is 4. The second kappa shape index (κ2) is 4.62. The Morgan fingerprint density at radius 3 is 2.89 bits per heavy atom. The zero-order valence-electron chi connectivity index (χ0n) is 10.1. The number of carbonyl (C=O) groups excluding carboxylic acids is 1. The van der Waals surface area contributed by atoms with Crippen molar-refractivity contribution in [2.45, 2.75) is 6.92 Å². The smallest absolute Gasteiger partial charge is 0.255 e.